The molecule has 4 heteroatoms. The number of halogens is 1. The highest BCUT2D eigenvalue weighted by Crippen LogP contribution is 2.27. The number of rotatable bonds is 6. The zero-order valence-corrected chi connectivity index (χ0v) is 12.0. The second-order valence-electron chi connectivity index (χ2n) is 5.45. The molecule has 0 unspecified atom stereocenters. The Morgan fingerprint density at radius 1 is 1.42 bits per heavy atom. The highest BCUT2D eigenvalue weighted by Gasteiger charge is 2.19. The first-order valence-corrected chi connectivity index (χ1v) is 7.27. The van der Waals surface area contributed by atoms with Gasteiger partial charge in [0.1, 0.15) is 11.6 Å². The van der Waals surface area contributed by atoms with Crippen LogP contribution in [-0.2, 0) is 6.54 Å². The minimum absolute atomic E-state index is 0.258. The van der Waals surface area contributed by atoms with Gasteiger partial charge in [0.2, 0.25) is 0 Å². The first-order chi connectivity index (χ1) is 9.20. The fraction of sp³-hybridized carbons (Fsp3) is 0.667. The Bertz CT molecular complexity index is 402. The van der Waals surface area contributed by atoms with Crippen molar-refractivity contribution in [3.63, 3.8) is 0 Å². The third kappa shape index (κ3) is 3.90. The molecule has 1 fully saturated rings. The third-order valence-corrected chi connectivity index (χ3v) is 3.84. The number of nitrogens with zero attached hydrogens (tertiary/aromatic N) is 2. The van der Waals surface area contributed by atoms with Crippen LogP contribution < -0.4 is 10.2 Å². The normalized spacial score (nSPS) is 15.9. The summed E-state index contributed by atoms with van der Waals surface area (Å²) in [4.78, 5) is 6.47. The molecule has 0 saturated heterocycles. The maximum absolute atomic E-state index is 13.3. The van der Waals surface area contributed by atoms with Crippen molar-refractivity contribution in [2.75, 3.05) is 25.0 Å². The van der Waals surface area contributed by atoms with Crippen molar-refractivity contribution in [1.29, 1.82) is 0 Å². The molecule has 0 atom stereocenters. The van der Waals surface area contributed by atoms with Gasteiger partial charge in [-0.2, -0.15) is 0 Å². The summed E-state index contributed by atoms with van der Waals surface area (Å²) in [5, 5.41) is 3.25. The number of hydrogen-bond donors (Lipinski definition) is 1. The zero-order valence-electron chi connectivity index (χ0n) is 12.0. The molecule has 1 heterocycles. The minimum Gasteiger partial charge on any atom is -0.359 e. The van der Waals surface area contributed by atoms with Crippen LogP contribution in [0.15, 0.2) is 12.3 Å². The van der Waals surface area contributed by atoms with Gasteiger partial charge in [0.25, 0.3) is 0 Å². The van der Waals surface area contributed by atoms with Gasteiger partial charge in [-0.05, 0) is 31.4 Å². The average Bonchev–Trinajstić information content (AvgIpc) is 2.89. The van der Waals surface area contributed by atoms with Crippen molar-refractivity contribution < 1.29 is 4.39 Å². The van der Waals surface area contributed by atoms with Crippen LogP contribution in [0.1, 0.15) is 38.2 Å². The van der Waals surface area contributed by atoms with Crippen LogP contribution in [0.5, 0.6) is 0 Å². The lowest BCUT2D eigenvalue weighted by Gasteiger charge is -2.24. The molecule has 3 nitrogen and oxygen atoms in total. The first-order valence-electron chi connectivity index (χ1n) is 7.27. The van der Waals surface area contributed by atoms with Gasteiger partial charge < -0.3 is 10.2 Å². The van der Waals surface area contributed by atoms with Gasteiger partial charge in [-0.3, -0.25) is 0 Å². The number of nitrogens with one attached hydrogen (secondary N) is 1. The zero-order chi connectivity index (χ0) is 13.7. The van der Waals surface area contributed by atoms with E-state index in [9.17, 15) is 4.39 Å². The quantitative estimate of drug-likeness (QED) is 0.857. The SMILES string of the molecule is CCNCc1cc(F)cnc1N(C)CC1CCCC1. The number of aromatic nitrogens is 1. The molecule has 0 aliphatic heterocycles. The Balaban J connectivity index is 2.07. The van der Waals surface area contributed by atoms with E-state index >= 15 is 0 Å². The topological polar surface area (TPSA) is 28.2 Å². The van der Waals surface area contributed by atoms with E-state index in [4.69, 9.17) is 0 Å². The van der Waals surface area contributed by atoms with E-state index in [-0.39, 0.29) is 5.82 Å². The molecule has 0 aromatic carbocycles. The van der Waals surface area contributed by atoms with Crippen LogP contribution in [0.3, 0.4) is 0 Å². The van der Waals surface area contributed by atoms with Crippen LogP contribution in [-0.4, -0.2) is 25.1 Å². The summed E-state index contributed by atoms with van der Waals surface area (Å²) in [6.07, 6.45) is 6.64. The largest absolute Gasteiger partial charge is 0.359 e. The lowest BCUT2D eigenvalue weighted by Crippen LogP contribution is -2.27. The van der Waals surface area contributed by atoms with Crippen molar-refractivity contribution >= 4 is 5.82 Å². The Labute approximate surface area is 115 Å². The van der Waals surface area contributed by atoms with Crippen molar-refractivity contribution in [2.45, 2.75) is 39.2 Å². The van der Waals surface area contributed by atoms with Gasteiger partial charge in [-0.1, -0.05) is 19.8 Å². The van der Waals surface area contributed by atoms with Gasteiger partial charge in [0.05, 0.1) is 6.20 Å². The molecular formula is C15H24FN3. The Morgan fingerprint density at radius 3 is 2.84 bits per heavy atom. The van der Waals surface area contributed by atoms with E-state index in [0.29, 0.717) is 6.54 Å². The summed E-state index contributed by atoms with van der Waals surface area (Å²) in [7, 11) is 2.06. The van der Waals surface area contributed by atoms with E-state index in [0.717, 1.165) is 30.4 Å². The molecule has 1 aromatic heterocycles. The van der Waals surface area contributed by atoms with Crippen molar-refractivity contribution in [3.8, 4) is 0 Å². The van der Waals surface area contributed by atoms with Gasteiger partial charge in [-0.25, -0.2) is 9.37 Å². The van der Waals surface area contributed by atoms with Gasteiger partial charge in [-0.15, -0.1) is 0 Å². The predicted molar refractivity (Wildman–Crippen MR) is 76.8 cm³/mol. The minimum atomic E-state index is -0.258. The molecular weight excluding hydrogens is 241 g/mol. The third-order valence-electron chi connectivity index (χ3n) is 3.84. The summed E-state index contributed by atoms with van der Waals surface area (Å²) >= 11 is 0. The molecule has 0 amide bonds. The second-order valence-corrected chi connectivity index (χ2v) is 5.45. The summed E-state index contributed by atoms with van der Waals surface area (Å²) in [6.45, 7) is 4.63. The van der Waals surface area contributed by atoms with Crippen LogP contribution in [0, 0.1) is 11.7 Å². The van der Waals surface area contributed by atoms with E-state index in [1.807, 2.05) is 0 Å². The molecule has 106 valence electrons. The summed E-state index contributed by atoms with van der Waals surface area (Å²) < 4.78 is 13.3. The van der Waals surface area contributed by atoms with Gasteiger partial charge in [0, 0.05) is 25.7 Å². The van der Waals surface area contributed by atoms with Crippen LogP contribution in [0.2, 0.25) is 0 Å². The molecule has 1 aliphatic carbocycles. The smallest absolute Gasteiger partial charge is 0.141 e. The summed E-state index contributed by atoms with van der Waals surface area (Å²) in [5.41, 5.74) is 0.947. The number of pyridine rings is 1. The van der Waals surface area contributed by atoms with Crippen LogP contribution in [0.25, 0.3) is 0 Å². The molecule has 0 radical (unpaired) electrons. The molecule has 0 bridgehead atoms. The maximum atomic E-state index is 13.3. The highest BCUT2D eigenvalue weighted by molar-refractivity contribution is 5.46. The summed E-state index contributed by atoms with van der Waals surface area (Å²) in [6, 6.07) is 1.59. The molecule has 2 rings (SSSR count). The molecule has 1 N–H and O–H groups in total. The van der Waals surface area contributed by atoms with Crippen LogP contribution >= 0.6 is 0 Å². The second kappa shape index (κ2) is 6.85. The monoisotopic (exact) mass is 265 g/mol. The van der Waals surface area contributed by atoms with E-state index in [1.165, 1.54) is 31.9 Å². The van der Waals surface area contributed by atoms with Crippen molar-refractivity contribution in [2.24, 2.45) is 5.92 Å². The predicted octanol–water partition coefficient (Wildman–Crippen LogP) is 2.96. The average molecular weight is 265 g/mol. The van der Waals surface area contributed by atoms with E-state index < -0.39 is 0 Å². The molecule has 1 aliphatic rings. The van der Waals surface area contributed by atoms with Gasteiger partial charge in [0.15, 0.2) is 0 Å². The van der Waals surface area contributed by atoms with E-state index in [1.54, 1.807) is 6.07 Å². The number of hydrogen-bond acceptors (Lipinski definition) is 3. The van der Waals surface area contributed by atoms with Crippen LogP contribution in [0.4, 0.5) is 10.2 Å². The van der Waals surface area contributed by atoms with Gasteiger partial charge >= 0.3 is 0 Å². The lowest BCUT2D eigenvalue weighted by molar-refractivity contribution is 0.542. The molecule has 0 spiro atoms. The highest BCUT2D eigenvalue weighted by atomic mass is 19.1. The van der Waals surface area contributed by atoms with E-state index in [2.05, 4.69) is 29.2 Å². The Kier molecular flexibility index (Phi) is 5.14. The maximum Gasteiger partial charge on any atom is 0.141 e. The standard InChI is InChI=1S/C15H24FN3/c1-3-17-9-13-8-14(16)10-18-15(13)19(2)11-12-6-4-5-7-12/h8,10,12,17H,3-7,9,11H2,1-2H3. The fourth-order valence-corrected chi connectivity index (χ4v) is 2.87. The summed E-state index contributed by atoms with van der Waals surface area (Å²) in [5.74, 6) is 1.42. The Hall–Kier alpha value is -1.16. The molecule has 1 saturated carbocycles. The fourth-order valence-electron chi connectivity index (χ4n) is 2.87. The molecule has 1 aromatic rings. The molecule has 19 heavy (non-hydrogen) atoms. The number of anilines is 1. The van der Waals surface area contributed by atoms with Crippen molar-refractivity contribution in [3.05, 3.63) is 23.6 Å². The Morgan fingerprint density at radius 2 is 2.16 bits per heavy atom. The lowest BCUT2D eigenvalue weighted by atomic mass is 10.1. The first kappa shape index (κ1) is 14.3. The van der Waals surface area contributed by atoms with Crippen molar-refractivity contribution in [1.82, 2.24) is 10.3 Å².